The van der Waals surface area contributed by atoms with Crippen molar-refractivity contribution < 1.29 is 4.79 Å². The van der Waals surface area contributed by atoms with Gasteiger partial charge >= 0.3 is 0 Å². The molecular formula is C17H20N8O2. The fourth-order valence-corrected chi connectivity index (χ4v) is 2.89. The number of nitrogens with zero attached hydrogens (tertiary/aromatic N) is 7. The Hall–Kier alpha value is -3.30. The van der Waals surface area contributed by atoms with Gasteiger partial charge in [-0.3, -0.25) is 9.59 Å². The highest BCUT2D eigenvalue weighted by atomic mass is 16.2. The van der Waals surface area contributed by atoms with Crippen LogP contribution in [0.15, 0.2) is 29.5 Å². The molecule has 0 aromatic carbocycles. The Balaban J connectivity index is 1.68. The van der Waals surface area contributed by atoms with Crippen LogP contribution in [-0.2, 0) is 11.3 Å². The van der Waals surface area contributed by atoms with Gasteiger partial charge in [0.1, 0.15) is 24.2 Å². The van der Waals surface area contributed by atoms with Gasteiger partial charge in [-0.05, 0) is 12.5 Å². The van der Waals surface area contributed by atoms with Crippen molar-refractivity contribution in [3.63, 3.8) is 0 Å². The summed E-state index contributed by atoms with van der Waals surface area (Å²) in [5.74, 6) is 1.42. The summed E-state index contributed by atoms with van der Waals surface area (Å²) < 4.78 is 2.78. The lowest BCUT2D eigenvalue weighted by Crippen LogP contribution is -2.37. The summed E-state index contributed by atoms with van der Waals surface area (Å²) in [6.07, 6.45) is 3.99. The first-order valence-electron chi connectivity index (χ1n) is 8.84. The Labute approximate surface area is 154 Å². The number of hydrogen-bond acceptors (Lipinski definition) is 7. The zero-order valence-electron chi connectivity index (χ0n) is 15.2. The molecule has 0 radical (unpaired) electrons. The zero-order chi connectivity index (χ0) is 19.0. The van der Waals surface area contributed by atoms with Crippen molar-refractivity contribution >= 4 is 23.1 Å². The van der Waals surface area contributed by atoms with Gasteiger partial charge < -0.3 is 10.2 Å². The summed E-state index contributed by atoms with van der Waals surface area (Å²) in [6, 6.07) is 3.35. The monoisotopic (exact) mass is 368 g/mol. The van der Waals surface area contributed by atoms with E-state index in [2.05, 4.69) is 30.4 Å². The van der Waals surface area contributed by atoms with Crippen LogP contribution >= 0.6 is 0 Å². The molecule has 4 rings (SSSR count). The van der Waals surface area contributed by atoms with Gasteiger partial charge in [-0.2, -0.15) is 5.10 Å². The van der Waals surface area contributed by atoms with Crippen molar-refractivity contribution in [2.45, 2.75) is 32.7 Å². The van der Waals surface area contributed by atoms with Gasteiger partial charge in [0, 0.05) is 31.3 Å². The van der Waals surface area contributed by atoms with Crippen LogP contribution in [0.5, 0.6) is 0 Å². The molecule has 1 amide bonds. The molecule has 0 saturated carbocycles. The second-order valence-electron chi connectivity index (χ2n) is 6.76. The molecule has 0 spiro atoms. The number of carbonyl (C=O) groups is 1. The summed E-state index contributed by atoms with van der Waals surface area (Å²) in [5.41, 5.74) is 0.0712. The highest BCUT2D eigenvalue weighted by molar-refractivity contribution is 5.89. The maximum absolute atomic E-state index is 12.8. The summed E-state index contributed by atoms with van der Waals surface area (Å²) in [5, 5.41) is 11.6. The van der Waals surface area contributed by atoms with E-state index in [1.165, 1.54) is 17.2 Å². The van der Waals surface area contributed by atoms with Gasteiger partial charge in [-0.1, -0.05) is 13.8 Å². The number of nitrogens with one attached hydrogen (secondary N) is 1. The molecule has 4 heterocycles. The standard InChI is InChI=1S/C17H20N8O2/c1-11(2)16-22-24(9-15(26)20-13-4-5-18-10-19-13)17(27)12-8-14(21-25(12)16)23-6-3-7-23/h4-5,8,10-11H,3,6-7,9H2,1-2H3,(H,18,19,20,26). The van der Waals surface area contributed by atoms with Crippen molar-refractivity contribution in [2.75, 3.05) is 23.3 Å². The minimum Gasteiger partial charge on any atom is -0.355 e. The first-order chi connectivity index (χ1) is 13.0. The number of carbonyl (C=O) groups excluding carboxylic acids is 1. The van der Waals surface area contributed by atoms with Gasteiger partial charge in [-0.25, -0.2) is 19.2 Å². The number of hydrogen-bond donors (Lipinski definition) is 1. The van der Waals surface area contributed by atoms with Gasteiger partial charge in [0.25, 0.3) is 5.56 Å². The molecule has 10 nitrogen and oxygen atoms in total. The molecule has 1 fully saturated rings. The zero-order valence-corrected chi connectivity index (χ0v) is 15.2. The molecule has 1 aliphatic rings. The van der Waals surface area contributed by atoms with E-state index in [4.69, 9.17) is 0 Å². The van der Waals surface area contributed by atoms with Crippen LogP contribution in [-0.4, -0.2) is 48.4 Å². The second-order valence-corrected chi connectivity index (χ2v) is 6.76. The van der Waals surface area contributed by atoms with Crippen molar-refractivity contribution in [3.8, 4) is 0 Å². The van der Waals surface area contributed by atoms with Crippen molar-refractivity contribution in [3.05, 3.63) is 40.8 Å². The Bertz CT molecular complexity index is 1040. The van der Waals surface area contributed by atoms with E-state index in [1.54, 1.807) is 16.6 Å². The average Bonchev–Trinajstić information content (AvgIpc) is 3.01. The predicted octanol–water partition coefficient (Wildman–Crippen LogP) is 0.653. The quantitative estimate of drug-likeness (QED) is 0.704. The van der Waals surface area contributed by atoms with E-state index in [0.717, 1.165) is 25.3 Å². The molecule has 0 atom stereocenters. The van der Waals surface area contributed by atoms with Crippen molar-refractivity contribution in [1.29, 1.82) is 0 Å². The number of amides is 1. The molecule has 3 aromatic heterocycles. The summed E-state index contributed by atoms with van der Waals surface area (Å²) in [4.78, 5) is 35.0. The largest absolute Gasteiger partial charge is 0.355 e. The Kier molecular flexibility index (Phi) is 4.30. The predicted molar refractivity (Wildman–Crippen MR) is 98.8 cm³/mol. The molecule has 140 valence electrons. The third kappa shape index (κ3) is 3.25. The van der Waals surface area contributed by atoms with Crippen LogP contribution in [0.4, 0.5) is 11.6 Å². The minimum atomic E-state index is -0.384. The SMILES string of the molecule is CC(C)c1nn(CC(=O)Nc2ccncn2)c(=O)c2cc(N3CCC3)nn12. The first kappa shape index (κ1) is 17.1. The number of fused-ring (bicyclic) bond motifs is 1. The summed E-state index contributed by atoms with van der Waals surface area (Å²) in [6.45, 7) is 5.61. The fraction of sp³-hybridized carbons (Fsp3) is 0.412. The van der Waals surface area contributed by atoms with Crippen LogP contribution in [0.3, 0.4) is 0 Å². The summed E-state index contributed by atoms with van der Waals surface area (Å²) >= 11 is 0. The highest BCUT2D eigenvalue weighted by Gasteiger charge is 2.22. The van der Waals surface area contributed by atoms with E-state index in [0.29, 0.717) is 17.2 Å². The molecule has 10 heteroatoms. The molecule has 1 aliphatic heterocycles. The third-order valence-corrected chi connectivity index (χ3v) is 4.43. The van der Waals surface area contributed by atoms with Crippen LogP contribution in [0.25, 0.3) is 5.52 Å². The van der Waals surface area contributed by atoms with Crippen LogP contribution in [0.2, 0.25) is 0 Å². The molecule has 1 N–H and O–H groups in total. The molecule has 0 bridgehead atoms. The highest BCUT2D eigenvalue weighted by Crippen LogP contribution is 2.21. The maximum atomic E-state index is 12.8. The van der Waals surface area contributed by atoms with E-state index >= 15 is 0 Å². The lowest BCUT2D eigenvalue weighted by molar-refractivity contribution is -0.117. The van der Waals surface area contributed by atoms with Crippen molar-refractivity contribution in [2.24, 2.45) is 0 Å². The molecule has 1 saturated heterocycles. The topological polar surface area (TPSA) is 110 Å². The van der Waals surface area contributed by atoms with Crippen LogP contribution < -0.4 is 15.8 Å². The smallest absolute Gasteiger partial charge is 0.293 e. The Morgan fingerprint density at radius 1 is 1.30 bits per heavy atom. The fourth-order valence-electron chi connectivity index (χ4n) is 2.89. The van der Waals surface area contributed by atoms with Gasteiger partial charge in [0.2, 0.25) is 5.91 Å². The molecule has 0 unspecified atom stereocenters. The van der Waals surface area contributed by atoms with E-state index in [-0.39, 0.29) is 23.9 Å². The van der Waals surface area contributed by atoms with Gasteiger partial charge in [-0.15, -0.1) is 5.10 Å². The number of anilines is 2. The third-order valence-electron chi connectivity index (χ3n) is 4.43. The minimum absolute atomic E-state index is 0.0356. The normalized spacial score (nSPS) is 13.8. The summed E-state index contributed by atoms with van der Waals surface area (Å²) in [7, 11) is 0. The van der Waals surface area contributed by atoms with Crippen LogP contribution in [0.1, 0.15) is 32.0 Å². The van der Waals surface area contributed by atoms with Gasteiger partial charge in [0.15, 0.2) is 11.6 Å². The van der Waals surface area contributed by atoms with Crippen LogP contribution in [0, 0.1) is 0 Å². The number of rotatable bonds is 5. The lowest BCUT2D eigenvalue weighted by Gasteiger charge is -2.30. The number of aromatic nitrogens is 6. The van der Waals surface area contributed by atoms with Gasteiger partial charge in [0.05, 0.1) is 0 Å². The molecule has 0 aliphatic carbocycles. The van der Waals surface area contributed by atoms with E-state index in [1.807, 2.05) is 13.8 Å². The average molecular weight is 368 g/mol. The lowest BCUT2D eigenvalue weighted by atomic mass is 10.2. The van der Waals surface area contributed by atoms with Crippen molar-refractivity contribution in [1.82, 2.24) is 29.4 Å². The second kappa shape index (κ2) is 6.78. The molecule has 27 heavy (non-hydrogen) atoms. The molecule has 3 aromatic rings. The first-order valence-corrected chi connectivity index (χ1v) is 8.84. The Morgan fingerprint density at radius 2 is 2.11 bits per heavy atom. The van der Waals surface area contributed by atoms with E-state index in [9.17, 15) is 9.59 Å². The maximum Gasteiger partial charge on any atom is 0.293 e. The Morgan fingerprint density at radius 3 is 2.74 bits per heavy atom. The van der Waals surface area contributed by atoms with E-state index < -0.39 is 0 Å². The molecular weight excluding hydrogens is 348 g/mol.